The van der Waals surface area contributed by atoms with E-state index >= 15 is 0 Å². The molecular formula is C20H19BrN2O. The Labute approximate surface area is 150 Å². The lowest BCUT2D eigenvalue weighted by Gasteiger charge is -2.12. The monoisotopic (exact) mass is 382 g/mol. The number of halogens is 1. The van der Waals surface area contributed by atoms with E-state index in [1.807, 2.05) is 54.6 Å². The molecule has 0 unspecified atom stereocenters. The van der Waals surface area contributed by atoms with Crippen molar-refractivity contribution in [1.29, 1.82) is 0 Å². The van der Waals surface area contributed by atoms with Gasteiger partial charge in [0.05, 0.1) is 16.8 Å². The average Bonchev–Trinajstić information content (AvgIpc) is 2.58. The topological polar surface area (TPSA) is 42.0 Å². The zero-order valence-electron chi connectivity index (χ0n) is 13.7. The molecule has 3 aromatic rings. The van der Waals surface area contributed by atoms with Gasteiger partial charge in [0.15, 0.2) is 0 Å². The first-order chi connectivity index (χ1) is 11.5. The molecule has 0 atom stereocenters. The summed E-state index contributed by atoms with van der Waals surface area (Å²) in [5.41, 5.74) is 3.26. The van der Waals surface area contributed by atoms with Crippen LogP contribution in [-0.4, -0.2) is 17.4 Å². The molecule has 0 spiro atoms. The quantitative estimate of drug-likeness (QED) is 0.685. The zero-order valence-corrected chi connectivity index (χ0v) is 15.3. The van der Waals surface area contributed by atoms with Gasteiger partial charge in [-0.05, 0) is 30.2 Å². The summed E-state index contributed by atoms with van der Waals surface area (Å²) in [4.78, 5) is 17.4. The van der Waals surface area contributed by atoms with Gasteiger partial charge < -0.3 is 5.32 Å². The number of carbonyl (C=O) groups is 1. The maximum atomic E-state index is 12.7. The standard InChI is InChI=1S/C20H19BrN2O/c1-13(2)12-22-20(24)17-11-19(14-6-5-7-15(21)10-14)23-18-9-4-3-8-16(17)18/h3-11,13H,12H2,1-2H3,(H,22,24). The Kier molecular flexibility index (Phi) is 4.95. The van der Waals surface area contributed by atoms with Crippen molar-refractivity contribution < 1.29 is 4.79 Å². The smallest absolute Gasteiger partial charge is 0.252 e. The van der Waals surface area contributed by atoms with Crippen LogP contribution in [0, 0.1) is 5.92 Å². The summed E-state index contributed by atoms with van der Waals surface area (Å²) >= 11 is 3.49. The second-order valence-corrected chi connectivity index (χ2v) is 7.10. The lowest BCUT2D eigenvalue weighted by molar-refractivity contribution is 0.0950. The molecule has 1 amide bonds. The lowest BCUT2D eigenvalue weighted by atomic mass is 10.0. The Morgan fingerprint density at radius 1 is 1.12 bits per heavy atom. The van der Waals surface area contributed by atoms with Crippen LogP contribution in [0.3, 0.4) is 0 Å². The van der Waals surface area contributed by atoms with E-state index in [2.05, 4.69) is 35.1 Å². The Morgan fingerprint density at radius 3 is 2.67 bits per heavy atom. The SMILES string of the molecule is CC(C)CNC(=O)c1cc(-c2cccc(Br)c2)nc2ccccc12. The normalized spacial score (nSPS) is 11.0. The number of nitrogens with zero attached hydrogens (tertiary/aromatic N) is 1. The van der Waals surface area contributed by atoms with Crippen molar-refractivity contribution in [1.82, 2.24) is 10.3 Å². The molecular weight excluding hydrogens is 364 g/mol. The largest absolute Gasteiger partial charge is 0.352 e. The first-order valence-corrected chi connectivity index (χ1v) is 8.78. The van der Waals surface area contributed by atoms with Gasteiger partial charge in [0.1, 0.15) is 0 Å². The summed E-state index contributed by atoms with van der Waals surface area (Å²) in [6.45, 7) is 4.82. The van der Waals surface area contributed by atoms with E-state index < -0.39 is 0 Å². The molecule has 3 nitrogen and oxygen atoms in total. The predicted molar refractivity (Wildman–Crippen MR) is 102 cm³/mol. The minimum Gasteiger partial charge on any atom is -0.352 e. The lowest BCUT2D eigenvalue weighted by Crippen LogP contribution is -2.27. The van der Waals surface area contributed by atoms with Crippen molar-refractivity contribution in [2.45, 2.75) is 13.8 Å². The first-order valence-electron chi connectivity index (χ1n) is 7.98. The third-order valence-corrected chi connectivity index (χ3v) is 4.25. The number of hydrogen-bond acceptors (Lipinski definition) is 2. The molecule has 0 aliphatic carbocycles. The number of carbonyl (C=O) groups excluding carboxylic acids is 1. The number of rotatable bonds is 4. The fraction of sp³-hybridized carbons (Fsp3) is 0.200. The second-order valence-electron chi connectivity index (χ2n) is 6.19. The van der Waals surface area contributed by atoms with E-state index in [0.29, 0.717) is 18.0 Å². The molecule has 0 fully saturated rings. The third-order valence-electron chi connectivity index (χ3n) is 3.75. The summed E-state index contributed by atoms with van der Waals surface area (Å²) in [5, 5.41) is 3.88. The molecule has 0 bridgehead atoms. The van der Waals surface area contributed by atoms with Gasteiger partial charge in [-0.1, -0.05) is 60.1 Å². The maximum Gasteiger partial charge on any atom is 0.252 e. The molecule has 24 heavy (non-hydrogen) atoms. The summed E-state index contributed by atoms with van der Waals surface area (Å²) < 4.78 is 0.987. The number of nitrogens with one attached hydrogen (secondary N) is 1. The number of aromatic nitrogens is 1. The Hall–Kier alpha value is -2.20. The number of fused-ring (bicyclic) bond motifs is 1. The van der Waals surface area contributed by atoms with Crippen molar-refractivity contribution in [2.24, 2.45) is 5.92 Å². The number of pyridine rings is 1. The van der Waals surface area contributed by atoms with Crippen LogP contribution in [0.2, 0.25) is 0 Å². The van der Waals surface area contributed by atoms with Crippen molar-refractivity contribution in [2.75, 3.05) is 6.54 Å². The van der Waals surface area contributed by atoms with Crippen LogP contribution in [0.15, 0.2) is 59.1 Å². The van der Waals surface area contributed by atoms with Crippen molar-refractivity contribution >= 4 is 32.7 Å². The van der Waals surface area contributed by atoms with E-state index in [0.717, 1.165) is 26.6 Å². The second kappa shape index (κ2) is 7.14. The van der Waals surface area contributed by atoms with Gasteiger partial charge in [-0.3, -0.25) is 4.79 Å². The fourth-order valence-electron chi connectivity index (χ4n) is 2.55. The summed E-state index contributed by atoms with van der Waals surface area (Å²) in [6.07, 6.45) is 0. The third kappa shape index (κ3) is 3.65. The predicted octanol–water partition coefficient (Wildman–Crippen LogP) is 5.05. The molecule has 1 N–H and O–H groups in total. The van der Waals surface area contributed by atoms with Gasteiger partial charge in [0.2, 0.25) is 0 Å². The van der Waals surface area contributed by atoms with Gasteiger partial charge in [-0.25, -0.2) is 4.98 Å². The van der Waals surface area contributed by atoms with Crippen LogP contribution in [0.5, 0.6) is 0 Å². The van der Waals surface area contributed by atoms with Crippen LogP contribution in [0.1, 0.15) is 24.2 Å². The summed E-state index contributed by atoms with van der Waals surface area (Å²) in [6, 6.07) is 17.6. The Balaban J connectivity index is 2.11. The highest BCUT2D eigenvalue weighted by Gasteiger charge is 2.14. The first kappa shape index (κ1) is 16.7. The maximum absolute atomic E-state index is 12.7. The van der Waals surface area contributed by atoms with Crippen LogP contribution < -0.4 is 5.32 Å². The average molecular weight is 383 g/mol. The Bertz CT molecular complexity index is 890. The van der Waals surface area contributed by atoms with Crippen molar-refractivity contribution in [3.05, 3.63) is 64.6 Å². The highest BCUT2D eigenvalue weighted by atomic mass is 79.9. The minimum atomic E-state index is -0.0569. The highest BCUT2D eigenvalue weighted by molar-refractivity contribution is 9.10. The molecule has 122 valence electrons. The van der Waals surface area contributed by atoms with Gasteiger partial charge in [-0.15, -0.1) is 0 Å². The van der Waals surface area contributed by atoms with E-state index in [4.69, 9.17) is 4.98 Å². The van der Waals surface area contributed by atoms with E-state index in [-0.39, 0.29) is 5.91 Å². The molecule has 0 radical (unpaired) electrons. The molecule has 2 aromatic carbocycles. The van der Waals surface area contributed by atoms with Gasteiger partial charge in [-0.2, -0.15) is 0 Å². The summed E-state index contributed by atoms with van der Waals surface area (Å²) in [7, 11) is 0. The molecule has 0 aliphatic heterocycles. The van der Waals surface area contributed by atoms with Crippen LogP contribution >= 0.6 is 15.9 Å². The minimum absolute atomic E-state index is 0.0569. The fourth-order valence-corrected chi connectivity index (χ4v) is 2.95. The van der Waals surface area contributed by atoms with Crippen LogP contribution in [-0.2, 0) is 0 Å². The number of para-hydroxylation sites is 1. The van der Waals surface area contributed by atoms with Gasteiger partial charge in [0.25, 0.3) is 5.91 Å². The van der Waals surface area contributed by atoms with Crippen molar-refractivity contribution in [3.8, 4) is 11.3 Å². The molecule has 3 rings (SSSR count). The van der Waals surface area contributed by atoms with E-state index in [1.165, 1.54) is 0 Å². The number of benzene rings is 2. The number of hydrogen-bond donors (Lipinski definition) is 1. The van der Waals surface area contributed by atoms with Crippen molar-refractivity contribution in [3.63, 3.8) is 0 Å². The highest BCUT2D eigenvalue weighted by Crippen LogP contribution is 2.26. The zero-order chi connectivity index (χ0) is 17.1. The van der Waals surface area contributed by atoms with E-state index in [1.54, 1.807) is 0 Å². The van der Waals surface area contributed by atoms with E-state index in [9.17, 15) is 4.79 Å². The molecule has 0 saturated carbocycles. The molecule has 1 heterocycles. The van der Waals surface area contributed by atoms with Crippen LogP contribution in [0.4, 0.5) is 0 Å². The molecule has 4 heteroatoms. The molecule has 0 aliphatic rings. The number of amides is 1. The van der Waals surface area contributed by atoms with Gasteiger partial charge in [0, 0.05) is 22.0 Å². The molecule has 1 aromatic heterocycles. The molecule has 0 saturated heterocycles. The summed E-state index contributed by atoms with van der Waals surface area (Å²) in [5.74, 6) is 0.352. The van der Waals surface area contributed by atoms with Gasteiger partial charge >= 0.3 is 0 Å². The Morgan fingerprint density at radius 2 is 1.92 bits per heavy atom. The van der Waals surface area contributed by atoms with Crippen LogP contribution in [0.25, 0.3) is 22.2 Å².